The fourth-order valence-electron chi connectivity index (χ4n) is 4.46. The van der Waals surface area contributed by atoms with Gasteiger partial charge < -0.3 is 10.2 Å². The number of aryl methyl sites for hydroxylation is 1. The number of nitrogens with one attached hydrogen (secondary N) is 1. The molecule has 1 fully saturated rings. The number of amides is 4. The Morgan fingerprint density at radius 1 is 1.13 bits per heavy atom. The summed E-state index contributed by atoms with van der Waals surface area (Å²) in [6.07, 6.45) is 3.11. The fourth-order valence-corrected chi connectivity index (χ4v) is 4.46. The zero-order valence-electron chi connectivity index (χ0n) is 16.9. The minimum atomic E-state index is -1.11. The molecular weight excluding hydrogens is 385 g/mol. The van der Waals surface area contributed by atoms with E-state index in [2.05, 4.69) is 5.32 Å². The van der Waals surface area contributed by atoms with Crippen LogP contribution in [0.4, 0.5) is 14.9 Å². The van der Waals surface area contributed by atoms with Crippen molar-refractivity contribution in [3.05, 3.63) is 65.5 Å². The normalized spacial score (nSPS) is 20.7. The van der Waals surface area contributed by atoms with Gasteiger partial charge >= 0.3 is 6.03 Å². The van der Waals surface area contributed by atoms with Crippen molar-refractivity contribution in [2.75, 3.05) is 18.0 Å². The number of anilines is 1. The number of halogens is 1. The van der Waals surface area contributed by atoms with Crippen LogP contribution in [0.25, 0.3) is 0 Å². The molecule has 1 heterocycles. The van der Waals surface area contributed by atoms with Crippen LogP contribution in [0, 0.1) is 5.82 Å². The number of fused-ring (bicyclic) bond motifs is 2. The molecule has 4 amide bonds. The number of hydrogen-bond acceptors (Lipinski definition) is 3. The van der Waals surface area contributed by atoms with Gasteiger partial charge in [0.1, 0.15) is 17.9 Å². The number of nitrogens with zero attached hydrogens (tertiary/aromatic N) is 2. The molecule has 0 saturated carbocycles. The van der Waals surface area contributed by atoms with Crippen LogP contribution in [0.2, 0.25) is 0 Å². The Hall–Kier alpha value is -3.22. The van der Waals surface area contributed by atoms with Gasteiger partial charge in [0.25, 0.3) is 5.91 Å². The molecule has 1 aliphatic heterocycles. The smallest absolute Gasteiger partial charge is 0.319 e. The Bertz CT molecular complexity index is 991. The Morgan fingerprint density at radius 3 is 2.60 bits per heavy atom. The van der Waals surface area contributed by atoms with Crippen LogP contribution in [-0.2, 0) is 21.5 Å². The zero-order valence-corrected chi connectivity index (χ0v) is 16.9. The third kappa shape index (κ3) is 3.34. The molecular formula is C23H24FN3O3. The maximum absolute atomic E-state index is 13.5. The second-order valence-corrected chi connectivity index (χ2v) is 7.71. The number of hydrogen-bond donors (Lipinski definition) is 1. The van der Waals surface area contributed by atoms with Gasteiger partial charge in [0.2, 0.25) is 5.91 Å². The van der Waals surface area contributed by atoms with Gasteiger partial charge in [0.05, 0.1) is 0 Å². The maximum atomic E-state index is 13.5. The van der Waals surface area contributed by atoms with Gasteiger partial charge in [-0.3, -0.25) is 14.5 Å². The number of rotatable bonds is 4. The van der Waals surface area contributed by atoms with Gasteiger partial charge in [0.15, 0.2) is 0 Å². The summed E-state index contributed by atoms with van der Waals surface area (Å²) in [7, 11) is 0. The predicted octanol–water partition coefficient (Wildman–Crippen LogP) is 3.35. The average Bonchev–Trinajstić information content (AvgIpc) is 2.88. The van der Waals surface area contributed by atoms with Crippen LogP contribution in [0.5, 0.6) is 0 Å². The molecule has 1 atom stereocenters. The first-order chi connectivity index (χ1) is 14.5. The summed E-state index contributed by atoms with van der Waals surface area (Å²) in [5, 5.41) is 2.89. The predicted molar refractivity (Wildman–Crippen MR) is 110 cm³/mol. The van der Waals surface area contributed by atoms with Crippen molar-refractivity contribution in [1.82, 2.24) is 10.2 Å². The molecule has 1 saturated heterocycles. The first-order valence-electron chi connectivity index (χ1n) is 10.2. The van der Waals surface area contributed by atoms with Gasteiger partial charge in [0, 0.05) is 12.2 Å². The van der Waals surface area contributed by atoms with Crippen LogP contribution in [0.1, 0.15) is 37.3 Å². The highest BCUT2D eigenvalue weighted by Crippen LogP contribution is 2.39. The highest BCUT2D eigenvalue weighted by Gasteiger charge is 2.53. The van der Waals surface area contributed by atoms with Crippen LogP contribution in [0.15, 0.2) is 48.5 Å². The number of imide groups is 1. The summed E-state index contributed by atoms with van der Waals surface area (Å²) in [4.78, 5) is 41.6. The van der Waals surface area contributed by atoms with E-state index in [9.17, 15) is 18.8 Å². The summed E-state index contributed by atoms with van der Waals surface area (Å²) in [5.41, 5.74) is 1.28. The van der Waals surface area contributed by atoms with E-state index < -0.39 is 23.3 Å². The van der Waals surface area contributed by atoms with Crippen molar-refractivity contribution < 1.29 is 18.8 Å². The van der Waals surface area contributed by atoms with Crippen LogP contribution < -0.4 is 10.2 Å². The highest BCUT2D eigenvalue weighted by atomic mass is 19.1. The van der Waals surface area contributed by atoms with Crippen molar-refractivity contribution in [2.24, 2.45) is 0 Å². The molecule has 1 aliphatic carbocycles. The summed E-state index contributed by atoms with van der Waals surface area (Å²) < 4.78 is 13.2. The number of carbonyl (C=O) groups excluding carboxylic acids is 3. The van der Waals surface area contributed by atoms with Crippen molar-refractivity contribution in [3.63, 3.8) is 0 Å². The molecule has 1 N–H and O–H groups in total. The highest BCUT2D eigenvalue weighted by molar-refractivity contribution is 6.11. The molecule has 0 bridgehead atoms. The summed E-state index contributed by atoms with van der Waals surface area (Å²) in [5.74, 6) is -1.18. The molecule has 0 radical (unpaired) electrons. The summed E-state index contributed by atoms with van der Waals surface area (Å²) in [6.45, 7) is 1.76. The molecule has 0 aromatic heterocycles. The van der Waals surface area contributed by atoms with Gasteiger partial charge in [-0.1, -0.05) is 24.3 Å². The minimum absolute atomic E-state index is 0.335. The quantitative estimate of drug-likeness (QED) is 0.788. The second kappa shape index (κ2) is 7.89. The Kier molecular flexibility index (Phi) is 5.28. The van der Waals surface area contributed by atoms with Crippen LogP contribution in [-0.4, -0.2) is 35.8 Å². The lowest BCUT2D eigenvalue weighted by atomic mass is 9.84. The van der Waals surface area contributed by atoms with E-state index >= 15 is 0 Å². The zero-order chi connectivity index (χ0) is 21.3. The minimum Gasteiger partial charge on any atom is -0.319 e. The van der Waals surface area contributed by atoms with E-state index in [4.69, 9.17) is 0 Å². The molecule has 2 aliphatic rings. The molecule has 0 unspecified atom stereocenters. The van der Waals surface area contributed by atoms with Crippen molar-refractivity contribution >= 4 is 23.5 Å². The van der Waals surface area contributed by atoms with E-state index in [-0.39, 0.29) is 12.5 Å². The van der Waals surface area contributed by atoms with Gasteiger partial charge in [-0.15, -0.1) is 0 Å². The topological polar surface area (TPSA) is 69.7 Å². The lowest BCUT2D eigenvalue weighted by molar-refractivity contribution is -0.134. The Morgan fingerprint density at radius 2 is 1.87 bits per heavy atom. The molecule has 1 spiro atoms. The standard InChI is InChI=1S/C23H24FN3O3/c1-2-26(18-12-10-17(24)11-13-18)20(28)15-27-21(29)23(25-22(27)30)14-6-5-8-16-7-3-4-9-19(16)23/h3-4,7,9-13H,2,5-6,8,14-15H2,1H3,(H,25,30)/t23-/m0/s1. The average molecular weight is 409 g/mol. The molecule has 2 aromatic carbocycles. The first-order valence-corrected chi connectivity index (χ1v) is 10.2. The number of benzene rings is 2. The molecule has 6 nitrogen and oxygen atoms in total. The number of urea groups is 1. The third-order valence-electron chi connectivity index (χ3n) is 5.95. The van der Waals surface area contributed by atoms with E-state index in [1.54, 1.807) is 6.92 Å². The van der Waals surface area contributed by atoms with E-state index in [1.807, 2.05) is 24.3 Å². The Labute approximate surface area is 174 Å². The first kappa shape index (κ1) is 20.1. The van der Waals surface area contributed by atoms with E-state index in [0.717, 1.165) is 35.3 Å². The molecule has 30 heavy (non-hydrogen) atoms. The van der Waals surface area contributed by atoms with Crippen LogP contribution >= 0.6 is 0 Å². The van der Waals surface area contributed by atoms with Gasteiger partial charge in [-0.2, -0.15) is 0 Å². The third-order valence-corrected chi connectivity index (χ3v) is 5.95. The second-order valence-electron chi connectivity index (χ2n) is 7.71. The number of carbonyl (C=O) groups is 3. The van der Waals surface area contributed by atoms with Crippen LogP contribution in [0.3, 0.4) is 0 Å². The van der Waals surface area contributed by atoms with Gasteiger partial charge in [-0.05, 0) is 68.0 Å². The summed E-state index contributed by atoms with van der Waals surface area (Å²) >= 11 is 0. The summed E-state index contributed by atoms with van der Waals surface area (Å²) in [6, 6.07) is 12.7. The SMILES string of the molecule is CCN(C(=O)CN1C(=O)N[C@]2(CCCCc3ccccc32)C1=O)c1ccc(F)cc1. The monoisotopic (exact) mass is 409 g/mol. The fraction of sp³-hybridized carbons (Fsp3) is 0.348. The van der Waals surface area contributed by atoms with Gasteiger partial charge in [-0.25, -0.2) is 9.18 Å². The largest absolute Gasteiger partial charge is 0.325 e. The molecule has 2 aromatic rings. The number of likely N-dealkylation sites (N-methyl/N-ethyl adjacent to an activating group) is 1. The van der Waals surface area contributed by atoms with Crippen molar-refractivity contribution in [2.45, 2.75) is 38.1 Å². The maximum Gasteiger partial charge on any atom is 0.325 e. The lowest BCUT2D eigenvalue weighted by Crippen LogP contribution is -2.46. The van der Waals surface area contributed by atoms with E-state index in [1.165, 1.54) is 29.2 Å². The molecule has 7 heteroatoms. The van der Waals surface area contributed by atoms with Crippen molar-refractivity contribution in [3.8, 4) is 0 Å². The lowest BCUT2D eigenvalue weighted by Gasteiger charge is -2.28. The van der Waals surface area contributed by atoms with E-state index in [0.29, 0.717) is 18.7 Å². The molecule has 156 valence electrons. The Balaban J connectivity index is 1.60. The van der Waals surface area contributed by atoms with Crippen molar-refractivity contribution in [1.29, 1.82) is 0 Å². The molecule has 4 rings (SSSR count).